The lowest BCUT2D eigenvalue weighted by Gasteiger charge is -2.42. The predicted molar refractivity (Wildman–Crippen MR) is 183 cm³/mol. The maximum absolute atomic E-state index is 13.8. The van der Waals surface area contributed by atoms with E-state index in [0.29, 0.717) is 17.6 Å². The number of halogens is 1. The highest BCUT2D eigenvalue weighted by Gasteiger charge is 2.31. The molecule has 252 valence electrons. The molecule has 2 saturated carbocycles. The average Bonchev–Trinajstić information content (AvgIpc) is 3.93. The summed E-state index contributed by atoms with van der Waals surface area (Å²) in [5.41, 5.74) is 2.11. The van der Waals surface area contributed by atoms with E-state index in [2.05, 4.69) is 25.4 Å². The monoisotopic (exact) mass is 653 g/mol. The van der Waals surface area contributed by atoms with Gasteiger partial charge >= 0.3 is 0 Å². The molecule has 0 radical (unpaired) electrons. The maximum atomic E-state index is 13.8. The summed E-state index contributed by atoms with van der Waals surface area (Å²) < 4.78 is 15.1. The van der Waals surface area contributed by atoms with Gasteiger partial charge in [-0.05, 0) is 92.0 Å². The fourth-order valence-electron chi connectivity index (χ4n) is 7.28. The van der Waals surface area contributed by atoms with Crippen molar-refractivity contribution in [3.8, 4) is 0 Å². The minimum atomic E-state index is -0.824. The zero-order chi connectivity index (χ0) is 33.0. The van der Waals surface area contributed by atoms with Gasteiger partial charge in [-0.15, -0.1) is 0 Å². The normalized spacial score (nSPS) is 21.2. The number of rotatable bonds is 11. The number of nitrogens with one attached hydrogen (secondary N) is 2. The van der Waals surface area contributed by atoms with E-state index in [-0.39, 0.29) is 12.1 Å². The van der Waals surface area contributed by atoms with E-state index in [1.54, 1.807) is 18.3 Å². The molecule has 1 amide bonds. The molecule has 48 heavy (non-hydrogen) atoms. The Bertz CT molecular complexity index is 1800. The van der Waals surface area contributed by atoms with E-state index < -0.39 is 29.9 Å². The number of fused-ring (bicyclic) bond motifs is 1. The van der Waals surface area contributed by atoms with Gasteiger partial charge in [0.2, 0.25) is 0 Å². The Labute approximate surface area is 280 Å². The molecular weight excluding hydrogens is 609 g/mol. The number of carbonyl (C=O) groups excluding carboxylic acids is 1. The lowest BCUT2D eigenvalue weighted by molar-refractivity contribution is 0.0752. The summed E-state index contributed by atoms with van der Waals surface area (Å²) in [5, 5.41) is 16.5. The third kappa shape index (κ3) is 7.59. The number of aliphatic hydroxyl groups is 1. The van der Waals surface area contributed by atoms with E-state index >= 15 is 0 Å². The van der Waals surface area contributed by atoms with Gasteiger partial charge in [0.25, 0.3) is 11.5 Å². The Morgan fingerprint density at radius 3 is 2.52 bits per heavy atom. The number of hydrogen-bond donors (Lipinski definition) is 3. The standard InChI is InChI=1S/C37H44FN7O3/c38-28-4-1-3-27(20-28)34(24-46)45-14-2-5-31(37(45)48)36(47)40-21-26-8-13-32-33(19-26)42-35(22-39-32)41-29-9-11-30(12-10-29)44-17-15-43(16-18-44)23-25-6-7-25/h1-5,8,13-14,19-20,22,25,29-30,34,46H,6-7,9-12,15-18,21,23-24H2,(H,40,47)(H,41,42)/t29?,30?,34-/m1/s1. The van der Waals surface area contributed by atoms with E-state index in [4.69, 9.17) is 4.98 Å². The van der Waals surface area contributed by atoms with Crippen molar-refractivity contribution in [3.63, 3.8) is 0 Å². The van der Waals surface area contributed by atoms with E-state index in [1.807, 2.05) is 18.2 Å². The van der Waals surface area contributed by atoms with Gasteiger partial charge in [-0.1, -0.05) is 18.2 Å². The Morgan fingerprint density at radius 2 is 1.77 bits per heavy atom. The van der Waals surface area contributed by atoms with Crippen LogP contribution in [0, 0.1) is 11.7 Å². The Balaban J connectivity index is 0.940. The topological polar surface area (TPSA) is 116 Å². The number of aromatic nitrogens is 3. The van der Waals surface area contributed by atoms with Gasteiger partial charge in [0.15, 0.2) is 0 Å². The molecule has 7 rings (SSSR count). The lowest BCUT2D eigenvalue weighted by Crippen LogP contribution is -2.51. The van der Waals surface area contributed by atoms with E-state index in [0.717, 1.165) is 41.2 Å². The van der Waals surface area contributed by atoms with Crippen LogP contribution in [0.4, 0.5) is 10.2 Å². The molecule has 0 unspecified atom stereocenters. The molecule has 3 aliphatic rings. The molecule has 3 fully saturated rings. The summed E-state index contributed by atoms with van der Waals surface area (Å²) in [6.07, 6.45) is 10.7. The Morgan fingerprint density at radius 1 is 0.958 bits per heavy atom. The smallest absolute Gasteiger partial charge is 0.264 e. The van der Waals surface area contributed by atoms with Gasteiger partial charge in [-0.3, -0.25) is 19.5 Å². The van der Waals surface area contributed by atoms with Gasteiger partial charge < -0.3 is 25.2 Å². The second-order valence-electron chi connectivity index (χ2n) is 13.6. The maximum Gasteiger partial charge on any atom is 0.264 e. The second kappa shape index (κ2) is 14.5. The van der Waals surface area contributed by atoms with Gasteiger partial charge in [0.05, 0.1) is 29.9 Å². The van der Waals surface area contributed by atoms with Crippen LogP contribution < -0.4 is 16.2 Å². The van der Waals surface area contributed by atoms with Gasteiger partial charge in [0.1, 0.15) is 17.2 Å². The molecule has 3 N–H and O–H groups in total. The molecule has 1 aliphatic heterocycles. The molecule has 1 atom stereocenters. The third-order valence-electron chi connectivity index (χ3n) is 10.2. The summed E-state index contributed by atoms with van der Waals surface area (Å²) in [4.78, 5) is 41.2. The van der Waals surface area contributed by atoms with Crippen molar-refractivity contribution >= 4 is 22.8 Å². The van der Waals surface area contributed by atoms with E-state index in [9.17, 15) is 19.1 Å². The molecular formula is C37H44FN7O3. The molecule has 4 aromatic rings. The van der Waals surface area contributed by atoms with E-state index in [1.165, 1.54) is 93.4 Å². The van der Waals surface area contributed by atoms with Crippen molar-refractivity contribution in [1.82, 2.24) is 29.7 Å². The van der Waals surface area contributed by atoms with Crippen LogP contribution in [0.5, 0.6) is 0 Å². The number of benzene rings is 2. The first-order valence-electron chi connectivity index (χ1n) is 17.3. The van der Waals surface area contributed by atoms with Crippen LogP contribution in [0.1, 0.15) is 66.1 Å². The van der Waals surface area contributed by atoms with Crippen LogP contribution in [-0.4, -0.2) is 86.8 Å². The van der Waals surface area contributed by atoms with Crippen LogP contribution in [-0.2, 0) is 6.54 Å². The Kier molecular flexibility index (Phi) is 9.78. The van der Waals surface area contributed by atoms with Crippen molar-refractivity contribution in [3.05, 3.63) is 99.9 Å². The quantitative estimate of drug-likeness (QED) is 0.221. The summed E-state index contributed by atoms with van der Waals surface area (Å²) in [6.45, 7) is 5.87. The zero-order valence-corrected chi connectivity index (χ0v) is 27.2. The number of piperazine rings is 1. The van der Waals surface area contributed by atoms with Crippen LogP contribution in [0.2, 0.25) is 0 Å². The minimum absolute atomic E-state index is 0.0648. The third-order valence-corrected chi connectivity index (χ3v) is 10.2. The highest BCUT2D eigenvalue weighted by Crippen LogP contribution is 2.31. The average molecular weight is 654 g/mol. The van der Waals surface area contributed by atoms with Crippen molar-refractivity contribution in [2.24, 2.45) is 5.92 Å². The van der Waals surface area contributed by atoms with Crippen molar-refractivity contribution in [2.45, 2.75) is 63.2 Å². The molecule has 3 heterocycles. The number of hydrogen-bond acceptors (Lipinski definition) is 8. The lowest BCUT2D eigenvalue weighted by atomic mass is 9.89. The molecule has 0 spiro atoms. The number of carbonyl (C=O) groups is 1. The van der Waals surface area contributed by atoms with Crippen molar-refractivity contribution in [2.75, 3.05) is 44.6 Å². The number of anilines is 1. The van der Waals surface area contributed by atoms with Crippen LogP contribution in [0.25, 0.3) is 11.0 Å². The second-order valence-corrected chi connectivity index (χ2v) is 13.6. The fraction of sp³-hybridized carbons (Fsp3) is 0.459. The van der Waals surface area contributed by atoms with Crippen LogP contribution >= 0.6 is 0 Å². The van der Waals surface area contributed by atoms with Crippen molar-refractivity contribution < 1.29 is 14.3 Å². The highest BCUT2D eigenvalue weighted by molar-refractivity contribution is 5.93. The minimum Gasteiger partial charge on any atom is -0.394 e. The Hall–Kier alpha value is -4.19. The van der Waals surface area contributed by atoms with Crippen LogP contribution in [0.15, 0.2) is 71.8 Å². The largest absolute Gasteiger partial charge is 0.394 e. The fourth-order valence-corrected chi connectivity index (χ4v) is 7.28. The van der Waals surface area contributed by atoms with Crippen molar-refractivity contribution in [1.29, 1.82) is 0 Å². The first kappa shape index (κ1) is 32.4. The molecule has 2 aromatic heterocycles. The zero-order valence-electron chi connectivity index (χ0n) is 27.2. The molecule has 1 saturated heterocycles. The molecule has 10 nitrogen and oxygen atoms in total. The number of amides is 1. The molecule has 2 aromatic carbocycles. The van der Waals surface area contributed by atoms with Gasteiger partial charge in [0, 0.05) is 57.5 Å². The molecule has 0 bridgehead atoms. The summed E-state index contributed by atoms with van der Waals surface area (Å²) in [6, 6.07) is 14.6. The number of pyridine rings is 1. The molecule has 11 heteroatoms. The van der Waals surface area contributed by atoms with Crippen LogP contribution in [0.3, 0.4) is 0 Å². The van der Waals surface area contributed by atoms with Gasteiger partial charge in [-0.2, -0.15) is 0 Å². The van der Waals surface area contributed by atoms with Gasteiger partial charge in [-0.25, -0.2) is 9.37 Å². The predicted octanol–water partition coefficient (Wildman–Crippen LogP) is 4.19. The SMILES string of the molecule is O=C(NCc1ccc2ncc(NC3CCC(N4CCN(CC5CC5)CC4)CC3)nc2c1)c1cccn([C@H](CO)c2cccc(F)c2)c1=O. The number of nitrogens with zero attached hydrogens (tertiary/aromatic N) is 5. The highest BCUT2D eigenvalue weighted by atomic mass is 19.1. The number of aliphatic hydroxyl groups excluding tert-OH is 1. The summed E-state index contributed by atoms with van der Waals surface area (Å²) in [7, 11) is 0. The first-order valence-corrected chi connectivity index (χ1v) is 17.3. The summed E-state index contributed by atoms with van der Waals surface area (Å²) in [5.74, 6) is 0.708. The molecule has 2 aliphatic carbocycles. The summed E-state index contributed by atoms with van der Waals surface area (Å²) >= 11 is 0. The first-order chi connectivity index (χ1) is 23.4.